The molecule has 0 aromatic heterocycles. The van der Waals surface area contributed by atoms with Crippen LogP contribution in [0, 0.1) is 0 Å². The molecule has 0 saturated heterocycles. The highest BCUT2D eigenvalue weighted by Gasteiger charge is 2.25. The van der Waals surface area contributed by atoms with Gasteiger partial charge in [-0.3, -0.25) is 19.3 Å². The van der Waals surface area contributed by atoms with Crippen molar-refractivity contribution in [2.75, 3.05) is 31.5 Å². The van der Waals surface area contributed by atoms with E-state index >= 15 is 0 Å². The van der Waals surface area contributed by atoms with Gasteiger partial charge in [0.15, 0.2) is 11.5 Å². The molecule has 1 atom stereocenters. The van der Waals surface area contributed by atoms with E-state index in [0.29, 0.717) is 34.1 Å². The number of methoxy groups -OCH3 is 3. The average Bonchev–Trinajstić information content (AvgIpc) is 3.15. The minimum atomic E-state index is -0.561. The van der Waals surface area contributed by atoms with Gasteiger partial charge in [-0.2, -0.15) is 0 Å². The quantitative estimate of drug-likeness (QED) is 0.0956. The van der Waals surface area contributed by atoms with Crippen LogP contribution in [0.15, 0.2) is 138 Å². The third-order valence-electron chi connectivity index (χ3n) is 7.53. The lowest BCUT2D eigenvalue weighted by Crippen LogP contribution is -2.32. The van der Waals surface area contributed by atoms with Crippen LogP contribution >= 0.6 is 11.8 Å². The van der Waals surface area contributed by atoms with E-state index in [-0.39, 0.29) is 11.6 Å². The van der Waals surface area contributed by atoms with E-state index < -0.39 is 17.1 Å². The average molecular weight is 688 g/mol. The van der Waals surface area contributed by atoms with E-state index in [9.17, 15) is 14.4 Å². The Labute approximate surface area is 295 Å². The number of anilines is 3. The standard InChI is InChI=1S/C40H37N3O6S/c1-27(40(46)43(31-18-10-6-11-19-31)32-20-12-7-13-21-32)50-33-22-14-17-30(26-33)41-39(45)34(42-38(44)29-15-8-5-9-16-29)23-28-24-35(47-2)37(49-4)36(25-28)48-3/h5-27H,1-4H3,(H,41,45)(H,42,44)/b34-23+. The molecule has 5 aromatic rings. The first-order chi connectivity index (χ1) is 24.3. The molecule has 0 aliphatic rings. The van der Waals surface area contributed by atoms with E-state index in [1.807, 2.05) is 73.7 Å². The topological polar surface area (TPSA) is 106 Å². The third kappa shape index (κ3) is 8.72. The van der Waals surface area contributed by atoms with Gasteiger partial charge in [0.05, 0.1) is 26.6 Å². The van der Waals surface area contributed by atoms with E-state index in [1.54, 1.807) is 65.6 Å². The lowest BCUT2D eigenvalue weighted by atomic mass is 10.1. The Morgan fingerprint density at radius 3 is 1.80 bits per heavy atom. The molecular weight excluding hydrogens is 651 g/mol. The molecular formula is C40H37N3O6S. The molecule has 50 heavy (non-hydrogen) atoms. The number of nitrogens with one attached hydrogen (secondary N) is 2. The van der Waals surface area contributed by atoms with E-state index in [0.717, 1.165) is 16.3 Å². The molecule has 0 aliphatic carbocycles. The van der Waals surface area contributed by atoms with Crippen molar-refractivity contribution in [1.82, 2.24) is 5.32 Å². The Balaban J connectivity index is 1.40. The molecule has 5 rings (SSSR count). The first-order valence-electron chi connectivity index (χ1n) is 15.7. The van der Waals surface area contributed by atoms with Crippen molar-refractivity contribution in [3.8, 4) is 17.2 Å². The lowest BCUT2D eigenvalue weighted by Gasteiger charge is -2.26. The minimum absolute atomic E-state index is 0.0175. The summed E-state index contributed by atoms with van der Waals surface area (Å²) in [5.41, 5.74) is 2.90. The predicted octanol–water partition coefficient (Wildman–Crippen LogP) is 7.97. The molecule has 2 N–H and O–H groups in total. The highest BCUT2D eigenvalue weighted by molar-refractivity contribution is 8.00. The van der Waals surface area contributed by atoms with Crippen LogP contribution in [0.1, 0.15) is 22.8 Å². The van der Waals surface area contributed by atoms with E-state index in [4.69, 9.17) is 14.2 Å². The van der Waals surface area contributed by atoms with Gasteiger partial charge in [0.2, 0.25) is 11.7 Å². The fraction of sp³-hybridized carbons (Fsp3) is 0.125. The predicted molar refractivity (Wildman–Crippen MR) is 198 cm³/mol. The number of carbonyl (C=O) groups is 3. The summed E-state index contributed by atoms with van der Waals surface area (Å²) < 4.78 is 16.4. The second-order valence-electron chi connectivity index (χ2n) is 10.9. The van der Waals surface area contributed by atoms with Gasteiger partial charge in [0.1, 0.15) is 5.70 Å². The van der Waals surface area contributed by atoms with Crippen LogP contribution < -0.4 is 29.7 Å². The number of ether oxygens (including phenoxy) is 3. The SMILES string of the molecule is COc1cc(/C=C(/NC(=O)c2ccccc2)C(=O)Nc2cccc(SC(C)C(=O)N(c3ccccc3)c3ccccc3)c2)cc(OC)c1OC. The number of hydrogen-bond acceptors (Lipinski definition) is 7. The Morgan fingerprint density at radius 1 is 0.700 bits per heavy atom. The Kier molecular flexibility index (Phi) is 11.9. The summed E-state index contributed by atoms with van der Waals surface area (Å²) in [5.74, 6) is 0.0498. The zero-order valence-corrected chi connectivity index (χ0v) is 28.9. The Hall–Kier alpha value is -6.00. The van der Waals surface area contributed by atoms with Gasteiger partial charge in [-0.25, -0.2) is 0 Å². The third-order valence-corrected chi connectivity index (χ3v) is 8.61. The van der Waals surface area contributed by atoms with Crippen LogP contribution in [0.4, 0.5) is 17.1 Å². The molecule has 1 unspecified atom stereocenters. The molecule has 0 aliphatic heterocycles. The molecule has 254 valence electrons. The summed E-state index contributed by atoms with van der Waals surface area (Å²) in [4.78, 5) is 43.4. The first kappa shape index (κ1) is 35.3. The summed E-state index contributed by atoms with van der Waals surface area (Å²) >= 11 is 1.37. The number of carbonyl (C=O) groups excluding carboxylic acids is 3. The summed E-state index contributed by atoms with van der Waals surface area (Å²) in [6.45, 7) is 1.86. The van der Waals surface area contributed by atoms with E-state index in [2.05, 4.69) is 10.6 Å². The van der Waals surface area contributed by atoms with Gasteiger partial charge in [-0.05, 0) is 85.3 Å². The zero-order chi connectivity index (χ0) is 35.5. The summed E-state index contributed by atoms with van der Waals surface area (Å²) in [5, 5.41) is 5.18. The maximum atomic E-state index is 13.9. The molecule has 9 nitrogen and oxygen atoms in total. The molecule has 0 saturated carbocycles. The Morgan fingerprint density at radius 2 is 1.26 bits per heavy atom. The van der Waals surface area contributed by atoms with Crippen molar-refractivity contribution in [3.05, 3.63) is 144 Å². The van der Waals surface area contributed by atoms with Gasteiger partial charge >= 0.3 is 0 Å². The molecule has 0 heterocycles. The second kappa shape index (κ2) is 16.9. The van der Waals surface area contributed by atoms with Crippen molar-refractivity contribution < 1.29 is 28.6 Å². The van der Waals surface area contributed by atoms with Gasteiger partial charge in [0, 0.05) is 27.5 Å². The Bertz CT molecular complexity index is 1910. The lowest BCUT2D eigenvalue weighted by molar-refractivity contribution is -0.117. The first-order valence-corrected chi connectivity index (χ1v) is 16.6. The minimum Gasteiger partial charge on any atom is -0.493 e. The van der Waals surface area contributed by atoms with Gasteiger partial charge in [-0.15, -0.1) is 11.8 Å². The number of benzene rings is 5. The summed E-state index contributed by atoms with van der Waals surface area (Å²) in [6.07, 6.45) is 1.53. The number of para-hydroxylation sites is 2. The molecule has 0 bridgehead atoms. The number of nitrogens with zero attached hydrogens (tertiary/aromatic N) is 1. The number of amides is 3. The number of rotatable bonds is 13. The molecule has 0 fully saturated rings. The van der Waals surface area contributed by atoms with Crippen LogP contribution in [0.5, 0.6) is 17.2 Å². The second-order valence-corrected chi connectivity index (χ2v) is 12.3. The normalized spacial score (nSPS) is 11.6. The molecule has 5 aromatic carbocycles. The highest BCUT2D eigenvalue weighted by Crippen LogP contribution is 2.39. The highest BCUT2D eigenvalue weighted by atomic mass is 32.2. The van der Waals surface area contributed by atoms with Crippen LogP contribution in [0.2, 0.25) is 0 Å². The van der Waals surface area contributed by atoms with E-state index in [1.165, 1.54) is 39.2 Å². The van der Waals surface area contributed by atoms with Crippen LogP contribution in [-0.4, -0.2) is 44.3 Å². The van der Waals surface area contributed by atoms with Crippen molar-refractivity contribution in [2.24, 2.45) is 0 Å². The maximum absolute atomic E-state index is 13.9. The van der Waals surface area contributed by atoms with Gasteiger partial charge in [-0.1, -0.05) is 60.7 Å². The zero-order valence-electron chi connectivity index (χ0n) is 28.1. The van der Waals surface area contributed by atoms with Crippen molar-refractivity contribution >= 4 is 52.6 Å². The summed E-state index contributed by atoms with van der Waals surface area (Å²) in [7, 11) is 4.49. The smallest absolute Gasteiger partial charge is 0.272 e. The van der Waals surface area contributed by atoms with Crippen LogP contribution in [-0.2, 0) is 9.59 Å². The monoisotopic (exact) mass is 687 g/mol. The molecule has 0 radical (unpaired) electrons. The molecule has 3 amide bonds. The van der Waals surface area contributed by atoms with Crippen LogP contribution in [0.3, 0.4) is 0 Å². The largest absolute Gasteiger partial charge is 0.493 e. The molecule has 0 spiro atoms. The van der Waals surface area contributed by atoms with Crippen molar-refractivity contribution in [1.29, 1.82) is 0 Å². The number of thioether (sulfide) groups is 1. The molecule has 10 heteroatoms. The van der Waals surface area contributed by atoms with Crippen molar-refractivity contribution in [2.45, 2.75) is 17.1 Å². The van der Waals surface area contributed by atoms with Crippen molar-refractivity contribution in [3.63, 3.8) is 0 Å². The van der Waals surface area contributed by atoms with Crippen LogP contribution in [0.25, 0.3) is 6.08 Å². The van der Waals surface area contributed by atoms with Gasteiger partial charge < -0.3 is 24.8 Å². The fourth-order valence-corrected chi connectivity index (χ4v) is 6.10. The number of hydrogen-bond donors (Lipinski definition) is 2. The fourth-order valence-electron chi connectivity index (χ4n) is 5.13. The summed E-state index contributed by atoms with van der Waals surface area (Å²) in [6, 6.07) is 38.2. The van der Waals surface area contributed by atoms with Gasteiger partial charge in [0.25, 0.3) is 11.8 Å². The maximum Gasteiger partial charge on any atom is 0.272 e.